The van der Waals surface area contributed by atoms with Gasteiger partial charge in [-0.15, -0.1) is 0 Å². The van der Waals surface area contributed by atoms with Gasteiger partial charge in [0.15, 0.2) is 0 Å². The standard InChI is InChI=1S/C18H12O4/c19-17(14-8-2-1-3-9-14)21-22-18(20)16-12-6-10-13-7-4-5-11-15(13)16/h1-12H. The van der Waals surface area contributed by atoms with Crippen molar-refractivity contribution in [3.05, 3.63) is 83.9 Å². The van der Waals surface area contributed by atoms with E-state index in [2.05, 4.69) is 9.78 Å². The Kier molecular flexibility index (Phi) is 3.83. The number of fused-ring (bicyclic) bond motifs is 1. The predicted molar refractivity (Wildman–Crippen MR) is 81.2 cm³/mol. The fourth-order valence-electron chi connectivity index (χ4n) is 2.15. The lowest BCUT2D eigenvalue weighted by Crippen LogP contribution is -2.12. The molecule has 0 spiro atoms. The van der Waals surface area contributed by atoms with Crippen LogP contribution in [0, 0.1) is 0 Å². The van der Waals surface area contributed by atoms with E-state index in [0.29, 0.717) is 11.1 Å². The summed E-state index contributed by atoms with van der Waals surface area (Å²) in [5.74, 6) is -1.42. The second kappa shape index (κ2) is 6.10. The predicted octanol–water partition coefficient (Wildman–Crippen LogP) is 3.77. The maximum atomic E-state index is 12.1. The first-order valence-corrected chi connectivity index (χ1v) is 6.72. The fourth-order valence-corrected chi connectivity index (χ4v) is 2.15. The van der Waals surface area contributed by atoms with Crippen LogP contribution in [0.2, 0.25) is 0 Å². The topological polar surface area (TPSA) is 52.6 Å². The lowest BCUT2D eigenvalue weighted by Gasteiger charge is -2.06. The first kappa shape index (κ1) is 13.8. The molecule has 0 aromatic heterocycles. The van der Waals surface area contributed by atoms with E-state index in [9.17, 15) is 9.59 Å². The zero-order valence-corrected chi connectivity index (χ0v) is 11.6. The van der Waals surface area contributed by atoms with Crippen LogP contribution < -0.4 is 0 Å². The van der Waals surface area contributed by atoms with Crippen LogP contribution in [0.1, 0.15) is 20.7 Å². The van der Waals surface area contributed by atoms with Crippen molar-refractivity contribution in [1.82, 2.24) is 0 Å². The zero-order valence-electron chi connectivity index (χ0n) is 11.6. The minimum atomic E-state index is -0.714. The molecule has 0 bridgehead atoms. The fraction of sp³-hybridized carbons (Fsp3) is 0. The minimum Gasteiger partial charge on any atom is -0.242 e. The summed E-state index contributed by atoms with van der Waals surface area (Å²) in [6.45, 7) is 0. The van der Waals surface area contributed by atoms with Gasteiger partial charge in [0.2, 0.25) is 0 Å². The summed E-state index contributed by atoms with van der Waals surface area (Å²) in [7, 11) is 0. The smallest absolute Gasteiger partial charge is 0.242 e. The van der Waals surface area contributed by atoms with E-state index in [1.807, 2.05) is 30.3 Å². The Balaban J connectivity index is 1.76. The molecular weight excluding hydrogens is 280 g/mol. The largest absolute Gasteiger partial charge is 0.386 e. The molecule has 108 valence electrons. The van der Waals surface area contributed by atoms with Crippen LogP contribution in [0.15, 0.2) is 72.8 Å². The molecule has 3 aromatic carbocycles. The molecule has 0 heterocycles. The highest BCUT2D eigenvalue weighted by atomic mass is 17.2. The molecule has 0 saturated heterocycles. The van der Waals surface area contributed by atoms with Crippen LogP contribution >= 0.6 is 0 Å². The summed E-state index contributed by atoms with van der Waals surface area (Å²) in [5.41, 5.74) is 0.659. The summed E-state index contributed by atoms with van der Waals surface area (Å²) >= 11 is 0. The molecule has 0 aliphatic rings. The third-order valence-corrected chi connectivity index (χ3v) is 3.21. The number of hydrogen-bond donors (Lipinski definition) is 0. The summed E-state index contributed by atoms with van der Waals surface area (Å²) in [4.78, 5) is 33.1. The Morgan fingerprint density at radius 2 is 1.27 bits per heavy atom. The number of hydrogen-bond acceptors (Lipinski definition) is 4. The van der Waals surface area contributed by atoms with Gasteiger partial charge >= 0.3 is 11.9 Å². The second-order valence-electron chi connectivity index (χ2n) is 4.63. The summed E-state index contributed by atoms with van der Waals surface area (Å²) in [5, 5.41) is 1.65. The van der Waals surface area contributed by atoms with Crippen molar-refractivity contribution in [1.29, 1.82) is 0 Å². The highest BCUT2D eigenvalue weighted by molar-refractivity contribution is 6.04. The Morgan fingerprint density at radius 1 is 0.636 bits per heavy atom. The first-order valence-electron chi connectivity index (χ1n) is 6.72. The van der Waals surface area contributed by atoms with Gasteiger partial charge in [0.1, 0.15) is 0 Å². The third kappa shape index (κ3) is 2.81. The first-order chi connectivity index (χ1) is 10.8. The average Bonchev–Trinajstić information content (AvgIpc) is 2.59. The second-order valence-corrected chi connectivity index (χ2v) is 4.63. The molecule has 3 aromatic rings. The SMILES string of the molecule is O=C(OOC(=O)c1cccc2ccccc12)c1ccccc1. The highest BCUT2D eigenvalue weighted by Gasteiger charge is 2.15. The molecule has 0 aliphatic heterocycles. The molecule has 0 aliphatic carbocycles. The van der Waals surface area contributed by atoms with Crippen LogP contribution in [0.5, 0.6) is 0 Å². The van der Waals surface area contributed by atoms with Crippen molar-refractivity contribution in [3.8, 4) is 0 Å². The van der Waals surface area contributed by atoms with Crippen molar-refractivity contribution in [2.75, 3.05) is 0 Å². The Bertz CT molecular complexity index is 819. The van der Waals surface area contributed by atoms with Crippen LogP contribution in [0.4, 0.5) is 0 Å². The van der Waals surface area contributed by atoms with Gasteiger partial charge in [-0.2, -0.15) is 0 Å². The molecule has 0 atom stereocenters. The molecule has 0 unspecified atom stereocenters. The van der Waals surface area contributed by atoms with Crippen LogP contribution in [-0.4, -0.2) is 11.9 Å². The van der Waals surface area contributed by atoms with Crippen LogP contribution in [-0.2, 0) is 9.78 Å². The van der Waals surface area contributed by atoms with Gasteiger partial charge < -0.3 is 0 Å². The van der Waals surface area contributed by atoms with Gasteiger partial charge in [-0.05, 0) is 29.0 Å². The molecule has 0 fully saturated rings. The summed E-state index contributed by atoms with van der Waals surface area (Å²) in [6, 6.07) is 21.0. The van der Waals surface area contributed by atoms with Gasteiger partial charge in [-0.3, -0.25) is 0 Å². The van der Waals surface area contributed by atoms with Crippen molar-refractivity contribution in [2.45, 2.75) is 0 Å². The molecule has 0 N–H and O–H groups in total. The van der Waals surface area contributed by atoms with E-state index in [4.69, 9.17) is 0 Å². The van der Waals surface area contributed by atoms with Crippen LogP contribution in [0.25, 0.3) is 10.8 Å². The zero-order chi connectivity index (χ0) is 15.4. The maximum absolute atomic E-state index is 12.1. The van der Waals surface area contributed by atoms with Gasteiger partial charge in [-0.25, -0.2) is 19.4 Å². The van der Waals surface area contributed by atoms with Crippen molar-refractivity contribution >= 4 is 22.7 Å². The number of benzene rings is 3. The Hall–Kier alpha value is -3.14. The van der Waals surface area contributed by atoms with Crippen molar-refractivity contribution < 1.29 is 19.4 Å². The Labute approximate surface area is 126 Å². The number of rotatable bonds is 2. The third-order valence-electron chi connectivity index (χ3n) is 3.21. The van der Waals surface area contributed by atoms with Gasteiger partial charge in [0.25, 0.3) is 0 Å². The summed E-state index contributed by atoms with van der Waals surface area (Å²) < 4.78 is 0. The van der Waals surface area contributed by atoms with E-state index in [0.717, 1.165) is 10.8 Å². The summed E-state index contributed by atoms with van der Waals surface area (Å²) in [6.07, 6.45) is 0. The van der Waals surface area contributed by atoms with E-state index in [1.54, 1.807) is 42.5 Å². The van der Waals surface area contributed by atoms with Crippen molar-refractivity contribution in [3.63, 3.8) is 0 Å². The molecule has 0 saturated carbocycles. The van der Waals surface area contributed by atoms with Crippen LogP contribution in [0.3, 0.4) is 0 Å². The molecule has 4 nitrogen and oxygen atoms in total. The molecule has 0 amide bonds. The average molecular weight is 292 g/mol. The molecule has 4 heteroatoms. The lowest BCUT2D eigenvalue weighted by molar-refractivity contribution is -0.187. The van der Waals surface area contributed by atoms with E-state index >= 15 is 0 Å². The molecular formula is C18H12O4. The van der Waals surface area contributed by atoms with E-state index in [1.165, 1.54) is 0 Å². The quantitative estimate of drug-likeness (QED) is 0.533. The minimum absolute atomic E-state index is 0.313. The van der Waals surface area contributed by atoms with Gasteiger partial charge in [0, 0.05) is 0 Å². The number of carbonyl (C=O) groups is 2. The maximum Gasteiger partial charge on any atom is 0.386 e. The van der Waals surface area contributed by atoms with Gasteiger partial charge in [0.05, 0.1) is 11.1 Å². The number of carbonyl (C=O) groups excluding carboxylic acids is 2. The van der Waals surface area contributed by atoms with E-state index in [-0.39, 0.29) is 0 Å². The normalized spacial score (nSPS) is 10.2. The molecule has 0 radical (unpaired) electrons. The molecule has 3 rings (SSSR count). The lowest BCUT2D eigenvalue weighted by atomic mass is 10.1. The highest BCUT2D eigenvalue weighted by Crippen LogP contribution is 2.19. The molecule has 22 heavy (non-hydrogen) atoms. The van der Waals surface area contributed by atoms with Crippen molar-refractivity contribution in [2.24, 2.45) is 0 Å². The monoisotopic (exact) mass is 292 g/mol. The van der Waals surface area contributed by atoms with E-state index < -0.39 is 11.9 Å². The van der Waals surface area contributed by atoms with Gasteiger partial charge in [-0.1, -0.05) is 54.6 Å². The Morgan fingerprint density at radius 3 is 2.09 bits per heavy atom.